The molecule has 8 nitrogen and oxygen atoms in total. The van der Waals surface area contributed by atoms with Gasteiger partial charge in [0.2, 0.25) is 5.88 Å². The van der Waals surface area contributed by atoms with E-state index in [9.17, 15) is 15.2 Å². The monoisotopic (exact) mass is 479 g/mol. The molecule has 0 bridgehead atoms. The zero-order chi connectivity index (χ0) is 23.9. The highest BCUT2D eigenvalue weighted by Crippen LogP contribution is 2.49. The number of benzene rings is 1. The van der Waals surface area contributed by atoms with Crippen molar-refractivity contribution in [2.45, 2.75) is 62.2 Å². The fourth-order valence-electron chi connectivity index (χ4n) is 5.86. The van der Waals surface area contributed by atoms with Gasteiger partial charge in [0.25, 0.3) is 0 Å². The van der Waals surface area contributed by atoms with E-state index in [1.807, 2.05) is 6.26 Å². The topological polar surface area (TPSA) is 103 Å². The molecule has 1 aliphatic carbocycles. The third-order valence-corrected chi connectivity index (χ3v) is 7.92. The highest BCUT2D eigenvalue weighted by atomic mass is 32.2. The predicted molar refractivity (Wildman–Crippen MR) is 130 cm³/mol. The van der Waals surface area contributed by atoms with Crippen molar-refractivity contribution in [3.63, 3.8) is 0 Å². The van der Waals surface area contributed by atoms with Crippen LogP contribution >= 0.6 is 11.8 Å². The van der Waals surface area contributed by atoms with E-state index in [0.29, 0.717) is 30.7 Å². The number of nitriles is 1. The number of amides is 1. The predicted octanol–water partition coefficient (Wildman–Crippen LogP) is 4.15. The molecule has 2 atom stereocenters. The number of rotatable bonds is 3. The summed E-state index contributed by atoms with van der Waals surface area (Å²) in [4.78, 5) is 24.8. The summed E-state index contributed by atoms with van der Waals surface area (Å²) in [6.07, 6.45) is 5.93. The second kappa shape index (κ2) is 8.99. The molecule has 1 unspecified atom stereocenters. The average molecular weight is 480 g/mol. The summed E-state index contributed by atoms with van der Waals surface area (Å²) in [5.41, 5.74) is 4.59. The molecule has 1 amide bonds. The quantitative estimate of drug-likeness (QED) is 0.517. The van der Waals surface area contributed by atoms with E-state index >= 15 is 0 Å². The molecular weight excluding hydrogens is 450 g/mol. The summed E-state index contributed by atoms with van der Waals surface area (Å²) >= 11 is 1.47. The maximum Gasteiger partial charge on any atom is 0.407 e. The van der Waals surface area contributed by atoms with Crippen LogP contribution in [0.3, 0.4) is 0 Å². The molecule has 2 aromatic rings. The van der Waals surface area contributed by atoms with Crippen LogP contribution in [0, 0.1) is 18.3 Å². The Hall–Kier alpha value is -2.99. The van der Waals surface area contributed by atoms with Crippen LogP contribution in [0.5, 0.6) is 5.88 Å². The Morgan fingerprint density at radius 3 is 2.94 bits per heavy atom. The molecule has 0 radical (unpaired) electrons. The fraction of sp³-hybridized carbons (Fsp3) is 0.520. The first-order valence-corrected chi connectivity index (χ1v) is 13.0. The highest BCUT2D eigenvalue weighted by molar-refractivity contribution is 7.98. The van der Waals surface area contributed by atoms with Crippen molar-refractivity contribution >= 4 is 23.7 Å². The zero-order valence-electron chi connectivity index (χ0n) is 19.6. The molecule has 1 saturated heterocycles. The first kappa shape index (κ1) is 22.8. The van der Waals surface area contributed by atoms with Gasteiger partial charge in [0.05, 0.1) is 24.1 Å². The molecule has 1 aromatic heterocycles. The summed E-state index contributed by atoms with van der Waals surface area (Å²) in [5, 5.41) is 19.5. The largest absolute Gasteiger partial charge is 0.466 e. The number of carbonyl (C=O) groups is 1. The Morgan fingerprint density at radius 2 is 2.18 bits per heavy atom. The Labute approximate surface area is 203 Å². The summed E-state index contributed by atoms with van der Waals surface area (Å²) in [6, 6.07) is 8.27. The Bertz CT molecular complexity index is 1170. The Morgan fingerprint density at radius 1 is 1.32 bits per heavy atom. The lowest BCUT2D eigenvalue weighted by molar-refractivity contribution is 0.0186. The van der Waals surface area contributed by atoms with Crippen molar-refractivity contribution < 1.29 is 14.6 Å². The summed E-state index contributed by atoms with van der Waals surface area (Å²) in [5.74, 6) is 1.46. The van der Waals surface area contributed by atoms with Crippen LogP contribution in [0.2, 0.25) is 0 Å². The van der Waals surface area contributed by atoms with Gasteiger partial charge in [-0.1, -0.05) is 30.0 Å². The number of ether oxygens (including phenoxy) is 1. The third kappa shape index (κ3) is 3.84. The third-order valence-electron chi connectivity index (χ3n) is 7.38. The Balaban J connectivity index is 1.52. The number of carboxylic acid groups (broad SMARTS) is 1. The number of fused-ring (bicyclic) bond motifs is 3. The van der Waals surface area contributed by atoms with Gasteiger partial charge in [0.15, 0.2) is 5.16 Å². The minimum absolute atomic E-state index is 0.154. The molecule has 3 aliphatic rings. The van der Waals surface area contributed by atoms with Gasteiger partial charge in [-0.2, -0.15) is 10.2 Å². The van der Waals surface area contributed by atoms with E-state index in [2.05, 4.69) is 36.1 Å². The van der Waals surface area contributed by atoms with Gasteiger partial charge in [-0.05, 0) is 56.4 Å². The van der Waals surface area contributed by atoms with Crippen LogP contribution in [0.25, 0.3) is 0 Å². The number of aromatic nitrogens is 2. The maximum absolute atomic E-state index is 11.7. The number of aryl methyl sites for hydroxylation is 2. The summed E-state index contributed by atoms with van der Waals surface area (Å²) < 4.78 is 6.83. The molecule has 5 rings (SSSR count). The standard InChI is InChI=1S/C25H29N5O3S/c1-16-5-3-6-17-7-4-10-25(20(16)17)11-8-19-21(27-23(34-2)28-22(19)33-25)29-13-14-30(24(31)32)18(15-29)9-12-26/h3,5-6,18H,4,7-11,13-15H2,1-2H3,(H,31,32)/t18-,25?/m0/s1. The van der Waals surface area contributed by atoms with E-state index in [4.69, 9.17) is 14.7 Å². The van der Waals surface area contributed by atoms with Crippen LogP contribution < -0.4 is 9.64 Å². The molecule has 0 saturated carbocycles. The van der Waals surface area contributed by atoms with E-state index in [1.54, 1.807) is 0 Å². The summed E-state index contributed by atoms with van der Waals surface area (Å²) in [6.45, 7) is 3.47. The molecule has 1 fully saturated rings. The molecule has 34 heavy (non-hydrogen) atoms. The number of piperazine rings is 1. The normalized spacial score (nSPS) is 23.6. The van der Waals surface area contributed by atoms with Crippen molar-refractivity contribution in [2.24, 2.45) is 0 Å². The number of thioether (sulfide) groups is 1. The van der Waals surface area contributed by atoms with Gasteiger partial charge in [-0.3, -0.25) is 0 Å². The first-order chi connectivity index (χ1) is 16.5. The minimum Gasteiger partial charge on any atom is -0.466 e. The molecule has 2 aliphatic heterocycles. The molecule has 1 aromatic carbocycles. The van der Waals surface area contributed by atoms with Crippen LogP contribution in [-0.2, 0) is 18.4 Å². The molecule has 1 spiro atoms. The van der Waals surface area contributed by atoms with Crippen LogP contribution in [0.1, 0.15) is 47.9 Å². The number of nitrogens with zero attached hydrogens (tertiary/aromatic N) is 5. The van der Waals surface area contributed by atoms with Gasteiger partial charge in [-0.25, -0.2) is 9.78 Å². The van der Waals surface area contributed by atoms with Crippen molar-refractivity contribution in [2.75, 3.05) is 30.8 Å². The van der Waals surface area contributed by atoms with E-state index in [-0.39, 0.29) is 18.1 Å². The Kier molecular flexibility index (Phi) is 6.02. The van der Waals surface area contributed by atoms with E-state index in [1.165, 1.54) is 33.4 Å². The van der Waals surface area contributed by atoms with Crippen LogP contribution in [0.4, 0.5) is 10.6 Å². The second-order valence-electron chi connectivity index (χ2n) is 9.31. The van der Waals surface area contributed by atoms with Gasteiger partial charge in [0, 0.05) is 25.2 Å². The van der Waals surface area contributed by atoms with Crippen LogP contribution in [0.15, 0.2) is 23.4 Å². The van der Waals surface area contributed by atoms with E-state index < -0.39 is 6.09 Å². The van der Waals surface area contributed by atoms with Crippen molar-refractivity contribution in [3.05, 3.63) is 40.5 Å². The first-order valence-electron chi connectivity index (χ1n) is 11.8. The highest BCUT2D eigenvalue weighted by Gasteiger charge is 2.44. The van der Waals surface area contributed by atoms with Crippen molar-refractivity contribution in [3.8, 4) is 11.9 Å². The number of hydrogen-bond acceptors (Lipinski definition) is 7. The average Bonchev–Trinajstić information content (AvgIpc) is 2.83. The molecular formula is C25H29N5O3S. The SMILES string of the molecule is CSc1nc2c(c(N3CCN(C(=O)O)[C@@H](CC#N)C3)n1)CCC1(CCCc3cccc(C)c31)O2. The van der Waals surface area contributed by atoms with E-state index in [0.717, 1.165) is 43.5 Å². The van der Waals surface area contributed by atoms with Crippen LogP contribution in [-0.4, -0.2) is 58.0 Å². The lowest BCUT2D eigenvalue weighted by Crippen LogP contribution is -2.55. The van der Waals surface area contributed by atoms with Gasteiger partial charge >= 0.3 is 6.09 Å². The fourth-order valence-corrected chi connectivity index (χ4v) is 6.21. The smallest absolute Gasteiger partial charge is 0.407 e. The maximum atomic E-state index is 11.7. The molecule has 9 heteroatoms. The minimum atomic E-state index is -0.981. The number of anilines is 1. The molecule has 178 valence electrons. The van der Waals surface area contributed by atoms with Gasteiger partial charge in [-0.15, -0.1) is 0 Å². The second-order valence-corrected chi connectivity index (χ2v) is 10.1. The van der Waals surface area contributed by atoms with Gasteiger partial charge < -0.3 is 19.6 Å². The van der Waals surface area contributed by atoms with Crippen molar-refractivity contribution in [1.29, 1.82) is 5.26 Å². The van der Waals surface area contributed by atoms with Crippen molar-refractivity contribution in [1.82, 2.24) is 14.9 Å². The lowest BCUT2D eigenvalue weighted by atomic mass is 9.73. The summed E-state index contributed by atoms with van der Waals surface area (Å²) in [7, 11) is 0. The molecule has 3 heterocycles. The number of hydrogen-bond donors (Lipinski definition) is 1. The van der Waals surface area contributed by atoms with Gasteiger partial charge in [0.1, 0.15) is 11.4 Å². The lowest BCUT2D eigenvalue weighted by Gasteiger charge is -2.44. The zero-order valence-corrected chi connectivity index (χ0v) is 20.4. The molecule has 1 N–H and O–H groups in total.